The highest BCUT2D eigenvalue weighted by molar-refractivity contribution is 5.11. The molecule has 1 unspecified atom stereocenters. The maximum absolute atomic E-state index is 5.79. The highest BCUT2D eigenvalue weighted by Gasteiger charge is 2.05. The Labute approximate surface area is 111 Å². The lowest BCUT2D eigenvalue weighted by molar-refractivity contribution is 0.0360. The van der Waals surface area contributed by atoms with Gasteiger partial charge in [-0.1, -0.05) is 32.6 Å². The Hall–Kier alpha value is -0.800. The molecule has 18 heavy (non-hydrogen) atoms. The first kappa shape index (κ1) is 15.3. The fourth-order valence-electron chi connectivity index (χ4n) is 1.97. The number of hydrogen-bond acceptors (Lipinski definition) is 3. The normalized spacial score (nSPS) is 12.8. The molecular weight excluding hydrogens is 226 g/mol. The average Bonchev–Trinajstić information content (AvgIpc) is 2.80. The predicted octanol–water partition coefficient (Wildman–Crippen LogP) is 3.87. The summed E-state index contributed by atoms with van der Waals surface area (Å²) in [5.74, 6) is 0.917. The van der Waals surface area contributed by atoms with Crippen molar-refractivity contribution in [2.75, 3.05) is 7.05 Å². The van der Waals surface area contributed by atoms with Crippen molar-refractivity contribution in [1.29, 1.82) is 0 Å². The molecule has 1 aromatic heterocycles. The second-order valence-corrected chi connectivity index (χ2v) is 4.92. The maximum atomic E-state index is 5.79. The SMILES string of the molecule is CCCCCCC(C)OCc1cc(CNC)co1. The van der Waals surface area contributed by atoms with Gasteiger partial charge in [-0.05, 0) is 26.5 Å². The van der Waals surface area contributed by atoms with E-state index < -0.39 is 0 Å². The third kappa shape index (κ3) is 6.22. The van der Waals surface area contributed by atoms with Crippen LogP contribution < -0.4 is 5.32 Å². The van der Waals surface area contributed by atoms with Crippen LogP contribution >= 0.6 is 0 Å². The smallest absolute Gasteiger partial charge is 0.129 e. The Bertz CT molecular complexity index is 309. The molecule has 1 aromatic rings. The Morgan fingerprint density at radius 2 is 2.17 bits per heavy atom. The van der Waals surface area contributed by atoms with Crippen molar-refractivity contribution in [2.24, 2.45) is 0 Å². The minimum absolute atomic E-state index is 0.319. The van der Waals surface area contributed by atoms with Crippen LogP contribution in [0.3, 0.4) is 0 Å². The van der Waals surface area contributed by atoms with Crippen LogP contribution in [0.25, 0.3) is 0 Å². The van der Waals surface area contributed by atoms with Crippen molar-refractivity contribution in [3.8, 4) is 0 Å². The molecule has 0 radical (unpaired) electrons. The van der Waals surface area contributed by atoms with Crippen LogP contribution in [-0.4, -0.2) is 13.2 Å². The van der Waals surface area contributed by atoms with Crippen LogP contribution in [-0.2, 0) is 17.9 Å². The first-order valence-corrected chi connectivity index (χ1v) is 7.08. The number of hydrogen-bond donors (Lipinski definition) is 1. The summed E-state index contributed by atoms with van der Waals surface area (Å²) in [6, 6.07) is 2.06. The van der Waals surface area contributed by atoms with E-state index in [-0.39, 0.29) is 0 Å². The highest BCUT2D eigenvalue weighted by atomic mass is 16.5. The Balaban J connectivity index is 2.14. The fourth-order valence-corrected chi connectivity index (χ4v) is 1.97. The van der Waals surface area contributed by atoms with Crippen molar-refractivity contribution >= 4 is 0 Å². The minimum atomic E-state index is 0.319. The topological polar surface area (TPSA) is 34.4 Å². The average molecular weight is 253 g/mol. The van der Waals surface area contributed by atoms with Crippen molar-refractivity contribution in [3.63, 3.8) is 0 Å². The molecular formula is C15H27NO2. The number of furan rings is 1. The zero-order valence-corrected chi connectivity index (χ0v) is 12.0. The Kier molecular flexibility index (Phi) is 7.78. The number of unbranched alkanes of at least 4 members (excludes halogenated alkanes) is 3. The molecule has 0 aliphatic heterocycles. The van der Waals surface area contributed by atoms with Gasteiger partial charge in [-0.3, -0.25) is 0 Å². The summed E-state index contributed by atoms with van der Waals surface area (Å²) in [6.07, 6.45) is 8.45. The molecule has 3 nitrogen and oxygen atoms in total. The fraction of sp³-hybridized carbons (Fsp3) is 0.733. The molecule has 0 aliphatic rings. The first-order valence-electron chi connectivity index (χ1n) is 7.08. The van der Waals surface area contributed by atoms with E-state index in [4.69, 9.17) is 9.15 Å². The van der Waals surface area contributed by atoms with Gasteiger partial charge in [-0.25, -0.2) is 0 Å². The number of rotatable bonds is 10. The van der Waals surface area contributed by atoms with Crippen molar-refractivity contribution < 1.29 is 9.15 Å². The van der Waals surface area contributed by atoms with Gasteiger partial charge in [-0.15, -0.1) is 0 Å². The van der Waals surface area contributed by atoms with E-state index >= 15 is 0 Å². The van der Waals surface area contributed by atoms with Gasteiger partial charge in [0, 0.05) is 12.1 Å². The van der Waals surface area contributed by atoms with E-state index in [1.54, 1.807) is 6.26 Å². The molecule has 0 saturated carbocycles. The lowest BCUT2D eigenvalue weighted by atomic mass is 10.1. The van der Waals surface area contributed by atoms with Gasteiger partial charge in [0.25, 0.3) is 0 Å². The summed E-state index contributed by atoms with van der Waals surface area (Å²) in [4.78, 5) is 0. The first-order chi connectivity index (χ1) is 8.76. The van der Waals surface area contributed by atoms with Gasteiger partial charge in [0.1, 0.15) is 12.4 Å². The van der Waals surface area contributed by atoms with Gasteiger partial charge in [0.05, 0.1) is 12.4 Å². The van der Waals surface area contributed by atoms with E-state index in [0.717, 1.165) is 18.7 Å². The van der Waals surface area contributed by atoms with Crippen molar-refractivity contribution in [3.05, 3.63) is 23.7 Å². The summed E-state index contributed by atoms with van der Waals surface area (Å²) in [5, 5.41) is 3.10. The molecule has 0 amide bonds. The summed E-state index contributed by atoms with van der Waals surface area (Å²) in [5.41, 5.74) is 1.17. The van der Waals surface area contributed by atoms with Gasteiger partial charge in [0.15, 0.2) is 0 Å². The van der Waals surface area contributed by atoms with E-state index in [1.165, 1.54) is 31.2 Å². The zero-order valence-electron chi connectivity index (χ0n) is 12.0. The molecule has 104 valence electrons. The zero-order chi connectivity index (χ0) is 13.2. The molecule has 1 N–H and O–H groups in total. The second kappa shape index (κ2) is 9.17. The molecule has 1 atom stereocenters. The monoisotopic (exact) mass is 253 g/mol. The Morgan fingerprint density at radius 1 is 1.33 bits per heavy atom. The Morgan fingerprint density at radius 3 is 2.89 bits per heavy atom. The second-order valence-electron chi connectivity index (χ2n) is 4.92. The van der Waals surface area contributed by atoms with E-state index in [0.29, 0.717) is 12.7 Å². The van der Waals surface area contributed by atoms with Gasteiger partial charge in [0.2, 0.25) is 0 Å². The molecule has 1 rings (SSSR count). The number of ether oxygens (including phenoxy) is 1. The van der Waals surface area contributed by atoms with Crippen LogP contribution in [0.1, 0.15) is 57.3 Å². The van der Waals surface area contributed by atoms with Crippen molar-refractivity contribution in [1.82, 2.24) is 5.32 Å². The largest absolute Gasteiger partial charge is 0.467 e. The molecule has 0 spiro atoms. The standard InChI is InChI=1S/C15H27NO2/c1-4-5-6-7-8-13(2)17-12-15-9-14(10-16-3)11-18-15/h9,11,13,16H,4-8,10,12H2,1-3H3. The molecule has 0 saturated heterocycles. The quantitative estimate of drug-likeness (QED) is 0.643. The lowest BCUT2D eigenvalue weighted by Gasteiger charge is -2.11. The third-order valence-corrected chi connectivity index (χ3v) is 3.06. The molecule has 0 fully saturated rings. The number of nitrogens with one attached hydrogen (secondary N) is 1. The van der Waals surface area contributed by atoms with Crippen LogP contribution in [0.4, 0.5) is 0 Å². The van der Waals surface area contributed by atoms with E-state index in [1.807, 2.05) is 7.05 Å². The molecule has 1 heterocycles. The molecule has 0 aliphatic carbocycles. The van der Waals surface area contributed by atoms with E-state index in [2.05, 4.69) is 25.2 Å². The van der Waals surface area contributed by atoms with Gasteiger partial charge < -0.3 is 14.5 Å². The molecule has 3 heteroatoms. The summed E-state index contributed by atoms with van der Waals surface area (Å²) in [7, 11) is 1.93. The van der Waals surface area contributed by atoms with Crippen LogP contribution in [0, 0.1) is 0 Å². The summed E-state index contributed by atoms with van der Waals surface area (Å²) >= 11 is 0. The third-order valence-electron chi connectivity index (χ3n) is 3.06. The minimum Gasteiger partial charge on any atom is -0.467 e. The van der Waals surface area contributed by atoms with Gasteiger partial charge in [-0.2, -0.15) is 0 Å². The lowest BCUT2D eigenvalue weighted by Crippen LogP contribution is -2.07. The van der Waals surface area contributed by atoms with Crippen LogP contribution in [0.15, 0.2) is 16.7 Å². The van der Waals surface area contributed by atoms with Gasteiger partial charge >= 0.3 is 0 Å². The summed E-state index contributed by atoms with van der Waals surface area (Å²) in [6.45, 7) is 5.80. The van der Waals surface area contributed by atoms with Crippen molar-refractivity contribution in [2.45, 2.75) is 65.2 Å². The highest BCUT2D eigenvalue weighted by Crippen LogP contribution is 2.13. The maximum Gasteiger partial charge on any atom is 0.129 e. The van der Waals surface area contributed by atoms with Crippen LogP contribution in [0.2, 0.25) is 0 Å². The molecule has 0 bridgehead atoms. The predicted molar refractivity (Wildman–Crippen MR) is 74.5 cm³/mol. The summed E-state index contributed by atoms with van der Waals surface area (Å²) < 4.78 is 11.2. The van der Waals surface area contributed by atoms with Crippen LogP contribution in [0.5, 0.6) is 0 Å². The van der Waals surface area contributed by atoms with E-state index in [9.17, 15) is 0 Å². The molecule has 0 aromatic carbocycles.